The second kappa shape index (κ2) is 6.71. The first kappa shape index (κ1) is 11.0. The van der Waals surface area contributed by atoms with Gasteiger partial charge in [0.15, 0.2) is 0 Å². The minimum absolute atomic E-state index is 1.05. The molecular formula is C11H19N. The van der Waals surface area contributed by atoms with E-state index in [2.05, 4.69) is 44.1 Å². The van der Waals surface area contributed by atoms with Crippen LogP contribution in [-0.2, 0) is 0 Å². The van der Waals surface area contributed by atoms with Crippen LogP contribution in [0.25, 0.3) is 0 Å². The van der Waals surface area contributed by atoms with Crippen LogP contribution in [0.2, 0.25) is 0 Å². The zero-order valence-corrected chi connectivity index (χ0v) is 8.54. The smallest absolute Gasteiger partial charge is 0.0140 e. The Morgan fingerprint density at radius 3 is 2.50 bits per heavy atom. The predicted octanol–water partition coefficient (Wildman–Crippen LogP) is 2.97. The van der Waals surface area contributed by atoms with E-state index in [9.17, 15) is 0 Å². The molecule has 0 aromatic heterocycles. The van der Waals surface area contributed by atoms with Crippen molar-refractivity contribution in [1.82, 2.24) is 4.90 Å². The van der Waals surface area contributed by atoms with Gasteiger partial charge in [0.05, 0.1) is 0 Å². The molecule has 1 heteroatoms. The molecule has 0 N–H and O–H groups in total. The van der Waals surface area contributed by atoms with Crippen LogP contribution in [-0.4, -0.2) is 18.5 Å². The van der Waals surface area contributed by atoms with Crippen LogP contribution >= 0.6 is 0 Å². The number of allylic oxidation sites excluding steroid dienone is 5. The summed E-state index contributed by atoms with van der Waals surface area (Å²) in [6.45, 7) is 7.31. The summed E-state index contributed by atoms with van der Waals surface area (Å²) in [6, 6.07) is 0. The normalized spacial score (nSPS) is 13.2. The molecule has 0 rings (SSSR count). The summed E-state index contributed by atoms with van der Waals surface area (Å²) >= 11 is 0. The van der Waals surface area contributed by atoms with Gasteiger partial charge in [0.2, 0.25) is 0 Å². The lowest BCUT2D eigenvalue weighted by Crippen LogP contribution is -2.09. The van der Waals surface area contributed by atoms with E-state index in [1.165, 1.54) is 5.57 Å². The van der Waals surface area contributed by atoms with E-state index < -0.39 is 0 Å². The van der Waals surface area contributed by atoms with E-state index in [1.54, 1.807) is 0 Å². The van der Waals surface area contributed by atoms with E-state index in [-0.39, 0.29) is 0 Å². The molecule has 12 heavy (non-hydrogen) atoms. The van der Waals surface area contributed by atoms with Crippen molar-refractivity contribution in [3.8, 4) is 0 Å². The molecule has 0 radical (unpaired) electrons. The minimum Gasteiger partial charge on any atom is -0.380 e. The number of hydrogen-bond donors (Lipinski definition) is 0. The van der Waals surface area contributed by atoms with E-state index in [4.69, 9.17) is 0 Å². The number of nitrogens with zero attached hydrogens (tertiary/aromatic N) is 1. The Hall–Kier alpha value is -0.980. The maximum Gasteiger partial charge on any atom is 0.0140 e. The first-order chi connectivity index (χ1) is 5.70. The molecule has 1 nitrogen and oxygen atoms in total. The van der Waals surface area contributed by atoms with Crippen molar-refractivity contribution in [3.63, 3.8) is 0 Å². The highest BCUT2D eigenvalue weighted by Gasteiger charge is 1.85. The topological polar surface area (TPSA) is 3.24 Å². The van der Waals surface area contributed by atoms with Gasteiger partial charge in [0, 0.05) is 19.8 Å². The quantitative estimate of drug-likeness (QED) is 0.579. The van der Waals surface area contributed by atoms with Crippen LogP contribution in [0.15, 0.2) is 36.1 Å². The van der Waals surface area contributed by atoms with Gasteiger partial charge < -0.3 is 4.90 Å². The summed E-state index contributed by atoms with van der Waals surface area (Å²) in [4.78, 5) is 2.16. The number of rotatable bonds is 4. The molecule has 0 saturated carbocycles. The van der Waals surface area contributed by atoms with E-state index in [1.807, 2.05) is 19.1 Å². The summed E-state index contributed by atoms with van der Waals surface area (Å²) in [5.74, 6) is 0. The molecule has 0 fully saturated rings. The standard InChI is InChI=1S/C11H19N/c1-5-7-8-9-11(3)10-12(4)6-2/h5,7-10H,6H2,1-4H3/b7-5-,9-8-,11-10+. The molecule has 0 aliphatic heterocycles. The van der Waals surface area contributed by atoms with Gasteiger partial charge in [-0.1, -0.05) is 24.3 Å². The molecule has 0 saturated heterocycles. The lowest BCUT2D eigenvalue weighted by Gasteiger charge is -2.10. The summed E-state index contributed by atoms with van der Waals surface area (Å²) in [7, 11) is 2.08. The van der Waals surface area contributed by atoms with E-state index in [0.717, 1.165) is 6.54 Å². The van der Waals surface area contributed by atoms with Crippen molar-refractivity contribution in [2.24, 2.45) is 0 Å². The van der Waals surface area contributed by atoms with Crippen molar-refractivity contribution in [1.29, 1.82) is 0 Å². The van der Waals surface area contributed by atoms with Crippen LogP contribution in [0.1, 0.15) is 20.8 Å². The third-order valence-corrected chi connectivity index (χ3v) is 1.59. The third kappa shape index (κ3) is 5.78. The zero-order valence-electron chi connectivity index (χ0n) is 8.54. The molecule has 0 aliphatic carbocycles. The molecule has 0 aliphatic rings. The Balaban J connectivity index is 4.01. The highest BCUT2D eigenvalue weighted by atomic mass is 15.1. The fraction of sp³-hybridized carbons (Fsp3) is 0.455. The summed E-state index contributed by atoms with van der Waals surface area (Å²) in [6.07, 6.45) is 10.3. The molecule has 68 valence electrons. The van der Waals surface area contributed by atoms with Gasteiger partial charge in [0.1, 0.15) is 0 Å². The summed E-state index contributed by atoms with van der Waals surface area (Å²) in [5, 5.41) is 0. The third-order valence-electron chi connectivity index (χ3n) is 1.59. The van der Waals surface area contributed by atoms with Crippen LogP contribution < -0.4 is 0 Å². The summed E-state index contributed by atoms with van der Waals surface area (Å²) in [5.41, 5.74) is 1.28. The largest absolute Gasteiger partial charge is 0.380 e. The average molecular weight is 165 g/mol. The molecule has 0 atom stereocenters. The zero-order chi connectivity index (χ0) is 9.40. The second-order valence-corrected chi connectivity index (χ2v) is 2.83. The highest BCUT2D eigenvalue weighted by molar-refractivity contribution is 5.19. The van der Waals surface area contributed by atoms with E-state index in [0.29, 0.717) is 0 Å². The Bertz CT molecular complexity index is 187. The van der Waals surface area contributed by atoms with Crippen LogP contribution in [0, 0.1) is 0 Å². The highest BCUT2D eigenvalue weighted by Crippen LogP contribution is 1.97. The van der Waals surface area contributed by atoms with Gasteiger partial charge >= 0.3 is 0 Å². The second-order valence-electron chi connectivity index (χ2n) is 2.83. The molecule has 0 spiro atoms. The molecule has 0 unspecified atom stereocenters. The first-order valence-corrected chi connectivity index (χ1v) is 4.38. The fourth-order valence-electron chi connectivity index (χ4n) is 0.800. The lowest BCUT2D eigenvalue weighted by atomic mass is 10.3. The Morgan fingerprint density at radius 2 is 2.00 bits per heavy atom. The Kier molecular flexibility index (Phi) is 6.16. The van der Waals surface area contributed by atoms with Crippen LogP contribution in [0.3, 0.4) is 0 Å². The van der Waals surface area contributed by atoms with Crippen molar-refractivity contribution in [2.45, 2.75) is 20.8 Å². The maximum atomic E-state index is 2.16. The van der Waals surface area contributed by atoms with Crippen molar-refractivity contribution in [2.75, 3.05) is 13.6 Å². The van der Waals surface area contributed by atoms with Crippen LogP contribution in [0.5, 0.6) is 0 Å². The first-order valence-electron chi connectivity index (χ1n) is 4.38. The molecule has 0 aromatic carbocycles. The average Bonchev–Trinajstić information content (AvgIpc) is 2.05. The number of hydrogen-bond acceptors (Lipinski definition) is 1. The predicted molar refractivity (Wildman–Crippen MR) is 56.0 cm³/mol. The fourth-order valence-corrected chi connectivity index (χ4v) is 0.800. The van der Waals surface area contributed by atoms with Crippen molar-refractivity contribution < 1.29 is 0 Å². The van der Waals surface area contributed by atoms with Crippen molar-refractivity contribution in [3.05, 3.63) is 36.1 Å². The van der Waals surface area contributed by atoms with Gasteiger partial charge in [-0.25, -0.2) is 0 Å². The minimum atomic E-state index is 1.05. The monoisotopic (exact) mass is 165 g/mol. The SMILES string of the molecule is C\C=C/C=C\C(C)=C\N(C)CC. The van der Waals surface area contributed by atoms with E-state index >= 15 is 0 Å². The molecular weight excluding hydrogens is 146 g/mol. The molecule has 0 bridgehead atoms. The molecule has 0 heterocycles. The van der Waals surface area contributed by atoms with Gasteiger partial charge in [-0.15, -0.1) is 0 Å². The van der Waals surface area contributed by atoms with Crippen LogP contribution in [0.4, 0.5) is 0 Å². The van der Waals surface area contributed by atoms with Gasteiger partial charge in [0.25, 0.3) is 0 Å². The maximum absolute atomic E-state index is 2.16. The summed E-state index contributed by atoms with van der Waals surface area (Å²) < 4.78 is 0. The lowest BCUT2D eigenvalue weighted by molar-refractivity contribution is 0.481. The van der Waals surface area contributed by atoms with Crippen molar-refractivity contribution >= 4 is 0 Å². The Labute approximate surface area is 76.1 Å². The Morgan fingerprint density at radius 1 is 1.33 bits per heavy atom. The molecule has 0 amide bonds. The van der Waals surface area contributed by atoms with Gasteiger partial charge in [-0.05, 0) is 26.3 Å². The molecule has 0 aromatic rings. The van der Waals surface area contributed by atoms with Gasteiger partial charge in [-0.3, -0.25) is 0 Å². The van der Waals surface area contributed by atoms with Gasteiger partial charge in [-0.2, -0.15) is 0 Å².